The summed E-state index contributed by atoms with van der Waals surface area (Å²) >= 11 is 0. The third kappa shape index (κ3) is 3.37. The van der Waals surface area contributed by atoms with Crippen molar-refractivity contribution in [3.8, 4) is 11.5 Å². The van der Waals surface area contributed by atoms with Crippen molar-refractivity contribution in [3.05, 3.63) is 59.7 Å². The van der Waals surface area contributed by atoms with E-state index in [9.17, 15) is 14.4 Å². The summed E-state index contributed by atoms with van der Waals surface area (Å²) in [4.78, 5) is 36.0. The van der Waals surface area contributed by atoms with E-state index < -0.39 is 29.9 Å². The molecule has 2 aromatic rings. The van der Waals surface area contributed by atoms with Gasteiger partial charge in [-0.1, -0.05) is 36.4 Å². The van der Waals surface area contributed by atoms with E-state index in [1.807, 2.05) is 12.1 Å². The van der Waals surface area contributed by atoms with Crippen LogP contribution in [0.3, 0.4) is 0 Å². The number of hydrogen-bond acceptors (Lipinski definition) is 5. The molecule has 0 saturated carbocycles. The lowest BCUT2D eigenvalue weighted by molar-refractivity contribution is -0.155. The van der Waals surface area contributed by atoms with Gasteiger partial charge in [0.05, 0.1) is 0 Å². The van der Waals surface area contributed by atoms with E-state index in [0.717, 1.165) is 0 Å². The zero-order chi connectivity index (χ0) is 18.7. The van der Waals surface area contributed by atoms with Gasteiger partial charge in [0.25, 0.3) is 5.91 Å². The summed E-state index contributed by atoms with van der Waals surface area (Å²) in [5, 5.41) is 4.35. The van der Waals surface area contributed by atoms with Crippen LogP contribution in [0.1, 0.15) is 24.0 Å². The molecule has 0 unspecified atom stereocenters. The number of fused-ring (bicyclic) bond motifs is 2. The topological polar surface area (TPSA) is 93.7 Å². The Kier molecular flexibility index (Phi) is 4.88. The molecule has 134 valence electrons. The zero-order valence-corrected chi connectivity index (χ0v) is 14.3. The summed E-state index contributed by atoms with van der Waals surface area (Å²) in [6.45, 7) is 1.41. The first-order chi connectivity index (χ1) is 12.5. The highest BCUT2D eigenvalue weighted by Crippen LogP contribution is 2.44. The molecule has 2 aromatic carbocycles. The van der Waals surface area contributed by atoms with Crippen LogP contribution in [-0.2, 0) is 14.3 Å². The number of nitrogens with one attached hydrogen (secondary N) is 2. The molecule has 0 aromatic heterocycles. The molecule has 1 aliphatic rings. The lowest BCUT2D eigenvalue weighted by Gasteiger charge is -2.27. The van der Waals surface area contributed by atoms with Gasteiger partial charge in [0.15, 0.2) is 6.10 Å². The minimum Gasteiger partial charge on any atom is -0.457 e. The molecule has 0 bridgehead atoms. The Labute approximate surface area is 150 Å². The fourth-order valence-corrected chi connectivity index (χ4v) is 2.74. The van der Waals surface area contributed by atoms with Gasteiger partial charge in [-0.25, -0.2) is 4.79 Å². The standard InChI is InChI=1S/C19H18N2O5/c1-11(17(22)21-19(24)20-2)25-18(23)16-12-7-3-5-9-14(12)26-15-10-6-4-8-13(15)16/h3-11,16H,1-2H3,(H2,20,21,22,24)/t11-/m0/s1. The maximum absolute atomic E-state index is 12.8. The fourth-order valence-electron chi connectivity index (χ4n) is 2.74. The number of carbonyl (C=O) groups is 3. The molecule has 1 atom stereocenters. The molecule has 2 N–H and O–H groups in total. The predicted molar refractivity (Wildman–Crippen MR) is 93.0 cm³/mol. The van der Waals surface area contributed by atoms with Gasteiger partial charge in [0, 0.05) is 18.2 Å². The van der Waals surface area contributed by atoms with E-state index in [4.69, 9.17) is 9.47 Å². The first-order valence-electron chi connectivity index (χ1n) is 8.10. The zero-order valence-electron chi connectivity index (χ0n) is 14.3. The monoisotopic (exact) mass is 354 g/mol. The second-order valence-corrected chi connectivity index (χ2v) is 5.76. The lowest BCUT2D eigenvalue weighted by atomic mass is 9.88. The second kappa shape index (κ2) is 7.26. The van der Waals surface area contributed by atoms with Gasteiger partial charge in [0.1, 0.15) is 17.4 Å². The molecule has 3 rings (SSSR count). The van der Waals surface area contributed by atoms with Crippen LogP contribution < -0.4 is 15.4 Å². The molecule has 0 aliphatic carbocycles. The van der Waals surface area contributed by atoms with E-state index in [1.54, 1.807) is 36.4 Å². The molecule has 7 nitrogen and oxygen atoms in total. The number of para-hydroxylation sites is 2. The van der Waals surface area contributed by atoms with Crippen LogP contribution in [0.15, 0.2) is 48.5 Å². The molecular weight excluding hydrogens is 336 g/mol. The summed E-state index contributed by atoms with van der Waals surface area (Å²) in [6.07, 6.45) is -1.12. The number of amides is 3. The van der Waals surface area contributed by atoms with Gasteiger partial charge < -0.3 is 14.8 Å². The Morgan fingerprint density at radius 3 is 2.08 bits per heavy atom. The highest BCUT2D eigenvalue weighted by Gasteiger charge is 2.35. The minimum absolute atomic E-state index is 0.565. The van der Waals surface area contributed by atoms with Gasteiger partial charge in [-0.3, -0.25) is 14.9 Å². The third-order valence-corrected chi connectivity index (χ3v) is 4.04. The van der Waals surface area contributed by atoms with Gasteiger partial charge in [-0.05, 0) is 19.1 Å². The third-order valence-electron chi connectivity index (χ3n) is 4.04. The van der Waals surface area contributed by atoms with Crippen LogP contribution in [0.5, 0.6) is 11.5 Å². The summed E-state index contributed by atoms with van der Waals surface area (Å²) in [6, 6.07) is 13.7. The number of benzene rings is 2. The van der Waals surface area contributed by atoms with Gasteiger partial charge >= 0.3 is 12.0 Å². The first-order valence-corrected chi connectivity index (χ1v) is 8.10. The van der Waals surface area contributed by atoms with Crippen molar-refractivity contribution in [3.63, 3.8) is 0 Å². The maximum atomic E-state index is 12.8. The highest BCUT2D eigenvalue weighted by atomic mass is 16.5. The molecule has 1 aliphatic heterocycles. The Bertz CT molecular complexity index is 819. The molecule has 26 heavy (non-hydrogen) atoms. The second-order valence-electron chi connectivity index (χ2n) is 5.76. The number of carbonyl (C=O) groups excluding carboxylic acids is 3. The SMILES string of the molecule is CNC(=O)NC(=O)[C@H](C)OC(=O)C1c2ccccc2Oc2ccccc21. The molecular formula is C19H18N2O5. The Balaban J connectivity index is 1.85. The van der Waals surface area contributed by atoms with Crippen LogP contribution >= 0.6 is 0 Å². The molecule has 7 heteroatoms. The summed E-state index contributed by atoms with van der Waals surface area (Å²) in [5.41, 5.74) is 1.32. The molecule has 0 fully saturated rings. The van der Waals surface area contributed by atoms with Crippen molar-refractivity contribution in [2.75, 3.05) is 7.05 Å². The van der Waals surface area contributed by atoms with Gasteiger partial charge in [-0.15, -0.1) is 0 Å². The van der Waals surface area contributed by atoms with Gasteiger partial charge in [-0.2, -0.15) is 0 Å². The fraction of sp³-hybridized carbons (Fsp3) is 0.211. The van der Waals surface area contributed by atoms with Crippen molar-refractivity contribution < 1.29 is 23.9 Å². The quantitative estimate of drug-likeness (QED) is 0.825. The normalized spacial score (nSPS) is 13.5. The van der Waals surface area contributed by atoms with Crippen LogP contribution in [-0.4, -0.2) is 31.1 Å². The van der Waals surface area contributed by atoms with Crippen molar-refractivity contribution >= 4 is 17.9 Å². The number of esters is 1. The first kappa shape index (κ1) is 17.5. The van der Waals surface area contributed by atoms with Crippen LogP contribution in [0.25, 0.3) is 0 Å². The van der Waals surface area contributed by atoms with E-state index in [1.165, 1.54) is 14.0 Å². The van der Waals surface area contributed by atoms with Crippen molar-refractivity contribution in [2.45, 2.75) is 18.9 Å². The number of hydrogen-bond donors (Lipinski definition) is 2. The minimum atomic E-state index is -1.12. The Morgan fingerprint density at radius 2 is 1.54 bits per heavy atom. The molecule has 3 amide bonds. The molecule has 0 spiro atoms. The summed E-state index contributed by atoms with van der Waals surface area (Å²) in [7, 11) is 1.38. The van der Waals surface area contributed by atoms with Crippen LogP contribution in [0.4, 0.5) is 4.79 Å². The lowest BCUT2D eigenvalue weighted by Crippen LogP contribution is -2.44. The summed E-state index contributed by atoms with van der Waals surface area (Å²) in [5.74, 6) is -0.878. The van der Waals surface area contributed by atoms with Crippen LogP contribution in [0.2, 0.25) is 0 Å². The van der Waals surface area contributed by atoms with Crippen molar-refractivity contribution in [2.24, 2.45) is 0 Å². The molecule has 0 saturated heterocycles. The van der Waals surface area contributed by atoms with Gasteiger partial charge in [0.2, 0.25) is 0 Å². The number of rotatable bonds is 3. The van der Waals surface area contributed by atoms with E-state index >= 15 is 0 Å². The smallest absolute Gasteiger partial charge is 0.321 e. The van der Waals surface area contributed by atoms with E-state index in [-0.39, 0.29) is 0 Å². The average Bonchev–Trinajstić information content (AvgIpc) is 2.65. The number of imide groups is 1. The summed E-state index contributed by atoms with van der Waals surface area (Å²) < 4.78 is 11.2. The molecule has 0 radical (unpaired) electrons. The Morgan fingerprint density at radius 1 is 1.00 bits per heavy atom. The number of urea groups is 1. The average molecular weight is 354 g/mol. The van der Waals surface area contributed by atoms with Crippen LogP contribution in [0, 0.1) is 0 Å². The van der Waals surface area contributed by atoms with Crippen molar-refractivity contribution in [1.29, 1.82) is 0 Å². The maximum Gasteiger partial charge on any atom is 0.321 e. The Hall–Kier alpha value is -3.35. The van der Waals surface area contributed by atoms with E-state index in [0.29, 0.717) is 22.6 Å². The largest absolute Gasteiger partial charge is 0.457 e. The van der Waals surface area contributed by atoms with E-state index in [2.05, 4.69) is 10.6 Å². The van der Waals surface area contributed by atoms with Crippen molar-refractivity contribution in [1.82, 2.24) is 10.6 Å². The predicted octanol–water partition coefficient (Wildman–Crippen LogP) is 2.31. The highest BCUT2D eigenvalue weighted by molar-refractivity contribution is 5.97. The molecule has 1 heterocycles. The number of ether oxygens (including phenoxy) is 2.